The summed E-state index contributed by atoms with van der Waals surface area (Å²) in [6, 6.07) is 15.2. The minimum absolute atomic E-state index is 0.294. The molecule has 1 N–H and O–H groups in total. The van der Waals surface area contributed by atoms with Gasteiger partial charge in [-0.25, -0.2) is 8.42 Å². The van der Waals surface area contributed by atoms with Crippen LogP contribution >= 0.6 is 0 Å². The molecule has 2 unspecified atom stereocenters. The van der Waals surface area contributed by atoms with Crippen LogP contribution in [-0.4, -0.2) is 28.6 Å². The fourth-order valence-electron chi connectivity index (χ4n) is 4.11. The zero-order valence-electron chi connectivity index (χ0n) is 15.6. The molecule has 0 aromatic heterocycles. The van der Waals surface area contributed by atoms with E-state index < -0.39 is 10.0 Å². The normalized spacial score (nSPS) is 24.5. The molecule has 2 atom stereocenters. The van der Waals surface area contributed by atoms with Crippen LogP contribution in [0.2, 0.25) is 0 Å². The maximum absolute atomic E-state index is 12.9. The Balaban J connectivity index is 1.57. The number of hydrogen-bond donors (Lipinski definition) is 1. The van der Waals surface area contributed by atoms with Crippen molar-refractivity contribution in [3.8, 4) is 0 Å². The lowest BCUT2D eigenvalue weighted by molar-refractivity contribution is 0.594. The van der Waals surface area contributed by atoms with Gasteiger partial charge < -0.3 is 5.32 Å². The van der Waals surface area contributed by atoms with Crippen molar-refractivity contribution >= 4 is 15.7 Å². The number of piperidine rings is 1. The first-order chi connectivity index (χ1) is 12.3. The zero-order valence-corrected chi connectivity index (χ0v) is 16.4. The minimum atomic E-state index is -3.55. The van der Waals surface area contributed by atoms with Crippen LogP contribution in [-0.2, 0) is 15.4 Å². The Morgan fingerprint density at radius 1 is 1.08 bits per heavy atom. The Labute approximate surface area is 156 Å². The molecule has 0 bridgehead atoms. The van der Waals surface area contributed by atoms with Crippen LogP contribution in [0.1, 0.15) is 37.3 Å². The van der Waals surface area contributed by atoms with Gasteiger partial charge in [0.05, 0.1) is 10.6 Å². The summed E-state index contributed by atoms with van der Waals surface area (Å²) < 4.78 is 27.3. The fraction of sp³-hybridized carbons (Fsp3) is 0.429. The van der Waals surface area contributed by atoms with E-state index in [4.69, 9.17) is 0 Å². The van der Waals surface area contributed by atoms with Crippen molar-refractivity contribution in [2.24, 2.45) is 5.92 Å². The summed E-state index contributed by atoms with van der Waals surface area (Å²) in [5.74, 6) is 1.13. The Morgan fingerprint density at radius 2 is 1.73 bits per heavy atom. The van der Waals surface area contributed by atoms with Crippen LogP contribution < -0.4 is 9.62 Å². The summed E-state index contributed by atoms with van der Waals surface area (Å²) >= 11 is 0. The largest absolute Gasteiger partial charge is 0.316 e. The molecule has 4 nitrogen and oxygen atoms in total. The molecule has 0 radical (unpaired) electrons. The lowest BCUT2D eigenvalue weighted by atomic mass is 9.95. The Morgan fingerprint density at radius 3 is 2.23 bits per heavy atom. The van der Waals surface area contributed by atoms with Gasteiger partial charge >= 0.3 is 0 Å². The molecule has 1 saturated carbocycles. The van der Waals surface area contributed by atoms with Gasteiger partial charge in [-0.15, -0.1) is 0 Å². The monoisotopic (exact) mass is 370 g/mol. The number of fused-ring (bicyclic) bond motifs is 1. The first-order valence-corrected chi connectivity index (χ1v) is 10.7. The number of nitrogens with zero attached hydrogens (tertiary/aromatic N) is 1. The maximum atomic E-state index is 12.9. The highest BCUT2D eigenvalue weighted by atomic mass is 32.2. The Bertz CT molecular complexity index is 904. The molecule has 138 valence electrons. The van der Waals surface area contributed by atoms with E-state index in [1.807, 2.05) is 24.3 Å². The Hall–Kier alpha value is -1.85. The van der Waals surface area contributed by atoms with Gasteiger partial charge in [-0.2, -0.15) is 0 Å². The highest BCUT2D eigenvalue weighted by Gasteiger charge is 2.57. The molecule has 0 spiro atoms. The van der Waals surface area contributed by atoms with Crippen molar-refractivity contribution in [1.82, 2.24) is 5.32 Å². The second kappa shape index (κ2) is 6.10. The summed E-state index contributed by atoms with van der Waals surface area (Å²) in [6.45, 7) is 6.33. The first kappa shape index (κ1) is 17.6. The number of anilines is 1. The highest BCUT2D eigenvalue weighted by molar-refractivity contribution is 7.92. The lowest BCUT2D eigenvalue weighted by Gasteiger charge is -2.21. The molecule has 26 heavy (non-hydrogen) atoms. The number of rotatable bonds is 5. The molecule has 1 heterocycles. The Kier molecular flexibility index (Phi) is 4.12. The van der Waals surface area contributed by atoms with Gasteiger partial charge in [0.2, 0.25) is 0 Å². The van der Waals surface area contributed by atoms with Gasteiger partial charge in [-0.1, -0.05) is 38.1 Å². The lowest BCUT2D eigenvalue weighted by Crippen LogP contribution is -2.26. The van der Waals surface area contributed by atoms with Crippen LogP contribution in [0.4, 0.5) is 5.69 Å². The smallest absolute Gasteiger partial charge is 0.264 e. The molecular formula is C21H26N2O2S. The van der Waals surface area contributed by atoms with Crippen molar-refractivity contribution in [2.45, 2.75) is 36.5 Å². The average Bonchev–Trinajstić information content (AvgIpc) is 3.22. The molecule has 0 amide bonds. The molecule has 4 rings (SSSR count). The summed E-state index contributed by atoms with van der Waals surface area (Å²) in [5.41, 5.74) is 3.45. The minimum Gasteiger partial charge on any atom is -0.316 e. The number of benzene rings is 2. The summed E-state index contributed by atoms with van der Waals surface area (Å²) in [6.07, 6.45) is 1.25. The van der Waals surface area contributed by atoms with E-state index in [9.17, 15) is 8.42 Å². The van der Waals surface area contributed by atoms with Crippen molar-refractivity contribution in [3.05, 3.63) is 59.7 Å². The third-order valence-corrected chi connectivity index (χ3v) is 7.87. The predicted molar refractivity (Wildman–Crippen MR) is 105 cm³/mol. The van der Waals surface area contributed by atoms with Gasteiger partial charge in [-0.05, 0) is 60.2 Å². The molecule has 2 aromatic carbocycles. The summed E-state index contributed by atoms with van der Waals surface area (Å²) in [4.78, 5) is 0.328. The molecular weight excluding hydrogens is 344 g/mol. The van der Waals surface area contributed by atoms with E-state index in [0.29, 0.717) is 21.9 Å². The second-order valence-electron chi connectivity index (χ2n) is 7.93. The van der Waals surface area contributed by atoms with Gasteiger partial charge in [0.1, 0.15) is 0 Å². The third kappa shape index (κ3) is 2.74. The second-order valence-corrected chi connectivity index (χ2v) is 9.90. The molecule has 1 aliphatic heterocycles. The molecule has 2 aliphatic rings. The van der Waals surface area contributed by atoms with Crippen molar-refractivity contribution < 1.29 is 8.42 Å². The molecule has 2 fully saturated rings. The quantitative estimate of drug-likeness (QED) is 0.876. The molecule has 1 aliphatic carbocycles. The molecule has 2 aromatic rings. The van der Waals surface area contributed by atoms with Crippen molar-refractivity contribution in [3.63, 3.8) is 0 Å². The number of hydrogen-bond acceptors (Lipinski definition) is 3. The number of sulfonamides is 1. The van der Waals surface area contributed by atoms with Crippen LogP contribution in [0.15, 0.2) is 53.4 Å². The van der Waals surface area contributed by atoms with E-state index >= 15 is 0 Å². The van der Waals surface area contributed by atoms with Crippen molar-refractivity contribution in [1.29, 1.82) is 0 Å². The van der Waals surface area contributed by atoms with Crippen LogP contribution in [0.3, 0.4) is 0 Å². The standard InChI is InChI=1S/C21H26N2O2S/c1-15(2)16-4-10-20(11-5-16)26(24,25)23(3)19-8-6-17(7-9-19)21-12-18(21)13-22-14-21/h4-11,15,18,22H,12-14H2,1-3H3. The predicted octanol–water partition coefficient (Wildman–Crippen LogP) is 3.50. The van der Waals surface area contributed by atoms with E-state index in [1.54, 1.807) is 19.2 Å². The average molecular weight is 371 g/mol. The van der Waals surface area contributed by atoms with Gasteiger partial charge in [0.25, 0.3) is 10.0 Å². The van der Waals surface area contributed by atoms with Crippen LogP contribution in [0, 0.1) is 5.92 Å². The van der Waals surface area contributed by atoms with Gasteiger partial charge in [0, 0.05) is 19.0 Å². The summed E-state index contributed by atoms with van der Waals surface area (Å²) in [5, 5.41) is 3.45. The topological polar surface area (TPSA) is 49.4 Å². The van der Waals surface area contributed by atoms with E-state index in [1.165, 1.54) is 16.3 Å². The SMILES string of the molecule is CC(C)c1ccc(S(=O)(=O)N(C)c2ccc(C34CNCC3C4)cc2)cc1. The van der Waals surface area contributed by atoms with E-state index in [-0.39, 0.29) is 0 Å². The first-order valence-electron chi connectivity index (χ1n) is 9.25. The maximum Gasteiger partial charge on any atom is 0.264 e. The van der Waals surface area contributed by atoms with Crippen LogP contribution in [0.25, 0.3) is 0 Å². The van der Waals surface area contributed by atoms with Crippen LogP contribution in [0.5, 0.6) is 0 Å². The fourth-order valence-corrected chi connectivity index (χ4v) is 5.31. The molecule has 5 heteroatoms. The molecule has 1 saturated heterocycles. The van der Waals surface area contributed by atoms with Gasteiger partial charge in [0.15, 0.2) is 0 Å². The van der Waals surface area contributed by atoms with E-state index in [0.717, 1.165) is 24.6 Å². The third-order valence-electron chi connectivity index (χ3n) is 6.07. The summed E-state index contributed by atoms with van der Waals surface area (Å²) in [7, 11) is -1.93. The zero-order chi connectivity index (χ0) is 18.5. The highest BCUT2D eigenvalue weighted by Crippen LogP contribution is 2.56. The van der Waals surface area contributed by atoms with E-state index in [2.05, 4.69) is 31.3 Å². The van der Waals surface area contributed by atoms with Crippen molar-refractivity contribution in [2.75, 3.05) is 24.4 Å². The van der Waals surface area contributed by atoms with Gasteiger partial charge in [-0.3, -0.25) is 4.31 Å². The number of nitrogens with one attached hydrogen (secondary N) is 1.